The summed E-state index contributed by atoms with van der Waals surface area (Å²) < 4.78 is 32.6. The third kappa shape index (κ3) is 3.85. The molecule has 3 heterocycles. The average molecular weight is 454 g/mol. The molecule has 3 aromatic heterocycles. The van der Waals surface area contributed by atoms with Crippen molar-refractivity contribution < 1.29 is 17.6 Å². The van der Waals surface area contributed by atoms with E-state index >= 15 is 0 Å². The topological polar surface area (TPSA) is 133 Å². The molecule has 1 N–H and O–H groups in total. The monoisotopic (exact) mass is 454 g/mol. The van der Waals surface area contributed by atoms with Crippen molar-refractivity contribution in [3.05, 3.63) is 87.1 Å². The van der Waals surface area contributed by atoms with Crippen molar-refractivity contribution in [1.29, 1.82) is 0 Å². The van der Waals surface area contributed by atoms with E-state index in [0.29, 0.717) is 0 Å². The number of fused-ring (bicyclic) bond motifs is 1. The summed E-state index contributed by atoms with van der Waals surface area (Å²) in [7, 11) is -0.786. The summed E-state index contributed by atoms with van der Waals surface area (Å²) in [5.74, 6) is -1.03. The number of aryl methyl sites for hydroxylation is 1. The van der Waals surface area contributed by atoms with E-state index < -0.39 is 32.7 Å². The van der Waals surface area contributed by atoms with Crippen molar-refractivity contribution in [3.63, 3.8) is 0 Å². The quantitative estimate of drug-likeness (QED) is 0.482. The molecule has 11 heteroatoms. The Kier molecular flexibility index (Phi) is 5.26. The fourth-order valence-corrected chi connectivity index (χ4v) is 4.47. The number of nitrogens with zero attached hydrogens (tertiary/aromatic N) is 3. The number of benzene rings is 1. The summed E-state index contributed by atoms with van der Waals surface area (Å²) in [5, 5.41) is 2.71. The van der Waals surface area contributed by atoms with Gasteiger partial charge in [-0.3, -0.25) is 18.7 Å². The zero-order valence-corrected chi connectivity index (χ0v) is 17.9. The fraction of sp³-hybridized carbons (Fsp3) is 0.143. The number of pyridine rings is 1. The second-order valence-corrected chi connectivity index (χ2v) is 9.08. The minimum Gasteiger partial charge on any atom is -0.455 e. The standard InChI is InChI=1S/C21H18N4O6S/c1-24-18-16(20(27)25(2)21(24)28)10-13(11-22-18)23-19(26)17-9-8-14(31-17)12-32(29,30)15-6-4-3-5-7-15/h3-11H,12H2,1-2H3,(H,23,26). The van der Waals surface area contributed by atoms with Crippen LogP contribution in [0.5, 0.6) is 0 Å². The molecule has 0 saturated heterocycles. The number of hydrogen-bond acceptors (Lipinski definition) is 7. The number of hydrogen-bond donors (Lipinski definition) is 1. The largest absolute Gasteiger partial charge is 0.455 e. The van der Waals surface area contributed by atoms with Crippen LogP contribution in [0, 0.1) is 0 Å². The first-order valence-electron chi connectivity index (χ1n) is 9.41. The zero-order valence-electron chi connectivity index (χ0n) is 17.1. The highest BCUT2D eigenvalue weighted by Crippen LogP contribution is 2.19. The van der Waals surface area contributed by atoms with E-state index in [1.807, 2.05) is 0 Å². The van der Waals surface area contributed by atoms with Crippen LogP contribution in [0.15, 0.2) is 73.6 Å². The van der Waals surface area contributed by atoms with Gasteiger partial charge < -0.3 is 9.73 Å². The third-order valence-corrected chi connectivity index (χ3v) is 6.53. The van der Waals surface area contributed by atoms with E-state index in [9.17, 15) is 22.8 Å². The van der Waals surface area contributed by atoms with Crippen LogP contribution in [0.3, 0.4) is 0 Å². The molecule has 32 heavy (non-hydrogen) atoms. The van der Waals surface area contributed by atoms with Gasteiger partial charge in [0.05, 0.1) is 22.2 Å². The van der Waals surface area contributed by atoms with Crippen LogP contribution in [-0.2, 0) is 29.7 Å². The molecule has 1 amide bonds. The molecule has 0 atom stereocenters. The van der Waals surface area contributed by atoms with Gasteiger partial charge in [-0.05, 0) is 30.3 Å². The molecule has 0 aliphatic heterocycles. The Bertz CT molecular complexity index is 1570. The SMILES string of the molecule is Cn1c(=O)c2cc(NC(=O)c3ccc(CS(=O)(=O)c4ccccc4)o3)cnc2n(C)c1=O. The summed E-state index contributed by atoms with van der Waals surface area (Å²) in [4.78, 5) is 41.2. The maximum atomic E-state index is 12.6. The number of nitrogens with one attached hydrogen (secondary N) is 1. The van der Waals surface area contributed by atoms with E-state index in [4.69, 9.17) is 4.42 Å². The van der Waals surface area contributed by atoms with Crippen LogP contribution in [-0.4, -0.2) is 28.4 Å². The first-order valence-corrected chi connectivity index (χ1v) is 11.1. The summed E-state index contributed by atoms with van der Waals surface area (Å²) >= 11 is 0. The minimum atomic E-state index is -3.63. The van der Waals surface area contributed by atoms with Gasteiger partial charge in [-0.25, -0.2) is 18.2 Å². The van der Waals surface area contributed by atoms with Crippen molar-refractivity contribution >= 4 is 32.5 Å². The molecule has 0 fully saturated rings. The average Bonchev–Trinajstić information content (AvgIpc) is 3.24. The highest BCUT2D eigenvalue weighted by molar-refractivity contribution is 7.90. The van der Waals surface area contributed by atoms with Gasteiger partial charge in [0.25, 0.3) is 11.5 Å². The molecule has 0 radical (unpaired) electrons. The number of carbonyl (C=O) groups excluding carboxylic acids is 1. The summed E-state index contributed by atoms with van der Waals surface area (Å²) in [6, 6.07) is 12.1. The smallest absolute Gasteiger partial charge is 0.332 e. The van der Waals surface area contributed by atoms with Crippen LogP contribution in [0.4, 0.5) is 5.69 Å². The molecular weight excluding hydrogens is 436 g/mol. The molecule has 0 aliphatic rings. The van der Waals surface area contributed by atoms with Crippen LogP contribution in [0.1, 0.15) is 16.3 Å². The lowest BCUT2D eigenvalue weighted by Gasteiger charge is -2.08. The molecule has 0 bridgehead atoms. The molecular formula is C21H18N4O6S. The molecule has 164 valence electrons. The van der Waals surface area contributed by atoms with Gasteiger partial charge in [0.15, 0.2) is 15.6 Å². The van der Waals surface area contributed by atoms with Crippen molar-refractivity contribution in [2.24, 2.45) is 14.1 Å². The molecule has 1 aromatic carbocycles. The maximum absolute atomic E-state index is 12.6. The maximum Gasteiger partial charge on any atom is 0.332 e. The normalized spacial score (nSPS) is 11.6. The van der Waals surface area contributed by atoms with Gasteiger partial charge in [0, 0.05) is 14.1 Å². The fourth-order valence-electron chi connectivity index (χ4n) is 3.20. The first-order chi connectivity index (χ1) is 15.2. The minimum absolute atomic E-state index is 0.100. The van der Waals surface area contributed by atoms with Crippen LogP contribution in [0.2, 0.25) is 0 Å². The third-order valence-electron chi connectivity index (χ3n) is 4.87. The summed E-state index contributed by atoms with van der Waals surface area (Å²) in [6.07, 6.45) is 1.31. The lowest BCUT2D eigenvalue weighted by molar-refractivity contribution is 0.0995. The molecule has 0 saturated carbocycles. The van der Waals surface area contributed by atoms with Crippen LogP contribution in [0.25, 0.3) is 11.0 Å². The molecule has 4 rings (SSSR count). The number of amides is 1. The van der Waals surface area contributed by atoms with Crippen molar-refractivity contribution in [1.82, 2.24) is 14.1 Å². The van der Waals surface area contributed by atoms with Crippen LogP contribution >= 0.6 is 0 Å². The van der Waals surface area contributed by atoms with Gasteiger partial charge in [-0.15, -0.1) is 0 Å². The Morgan fingerprint density at radius 1 is 1.06 bits per heavy atom. The highest BCUT2D eigenvalue weighted by atomic mass is 32.2. The van der Waals surface area contributed by atoms with Gasteiger partial charge in [0.2, 0.25) is 0 Å². The summed E-state index contributed by atoms with van der Waals surface area (Å²) in [6.45, 7) is 0. The lowest BCUT2D eigenvalue weighted by atomic mass is 10.3. The Labute approximate surface area is 181 Å². The van der Waals surface area contributed by atoms with Crippen molar-refractivity contribution in [2.45, 2.75) is 10.6 Å². The second-order valence-electron chi connectivity index (χ2n) is 7.09. The predicted molar refractivity (Wildman–Crippen MR) is 116 cm³/mol. The number of anilines is 1. The van der Waals surface area contributed by atoms with E-state index in [2.05, 4.69) is 10.3 Å². The van der Waals surface area contributed by atoms with E-state index in [0.717, 1.165) is 4.57 Å². The molecule has 4 aromatic rings. The number of aromatic nitrogens is 3. The van der Waals surface area contributed by atoms with Crippen molar-refractivity contribution in [2.75, 3.05) is 5.32 Å². The Balaban J connectivity index is 1.57. The molecule has 0 aliphatic carbocycles. The van der Waals surface area contributed by atoms with Gasteiger partial charge in [0.1, 0.15) is 17.2 Å². The Morgan fingerprint density at radius 3 is 2.50 bits per heavy atom. The van der Waals surface area contributed by atoms with Gasteiger partial charge >= 0.3 is 5.69 Å². The molecule has 10 nitrogen and oxygen atoms in total. The second kappa shape index (κ2) is 7.93. The van der Waals surface area contributed by atoms with E-state index in [1.54, 1.807) is 18.2 Å². The number of carbonyl (C=O) groups is 1. The van der Waals surface area contributed by atoms with Crippen molar-refractivity contribution in [3.8, 4) is 0 Å². The number of rotatable bonds is 5. The highest BCUT2D eigenvalue weighted by Gasteiger charge is 2.19. The van der Waals surface area contributed by atoms with E-state index in [1.165, 1.54) is 55.2 Å². The summed E-state index contributed by atoms with van der Waals surface area (Å²) in [5.41, 5.74) is -0.658. The Hall–Kier alpha value is -3.99. The number of furan rings is 1. The zero-order chi connectivity index (χ0) is 23.0. The van der Waals surface area contributed by atoms with Gasteiger partial charge in [-0.2, -0.15) is 0 Å². The first kappa shape index (κ1) is 21.2. The number of sulfone groups is 1. The van der Waals surface area contributed by atoms with E-state index in [-0.39, 0.29) is 33.1 Å². The lowest BCUT2D eigenvalue weighted by Crippen LogP contribution is -2.37. The molecule has 0 spiro atoms. The van der Waals surface area contributed by atoms with Gasteiger partial charge in [-0.1, -0.05) is 18.2 Å². The Morgan fingerprint density at radius 2 is 1.78 bits per heavy atom. The predicted octanol–water partition coefficient (Wildman–Crippen LogP) is 1.45. The molecule has 0 unspecified atom stereocenters. The van der Waals surface area contributed by atoms with Crippen LogP contribution < -0.4 is 16.6 Å².